The Balaban J connectivity index is 2.11. The fourth-order valence-electron chi connectivity index (χ4n) is 1.40. The molecule has 6 heteroatoms. The monoisotopic (exact) mass is 299 g/mol. The smallest absolute Gasteiger partial charge is 0.139 e. The van der Waals surface area contributed by atoms with Crippen LogP contribution in [0.5, 0.6) is 0 Å². The summed E-state index contributed by atoms with van der Waals surface area (Å²) in [5.74, 6) is 0.370. The highest BCUT2D eigenvalue weighted by Gasteiger charge is 2.07. The second kappa shape index (κ2) is 4.75. The Kier molecular flexibility index (Phi) is 3.33. The Hall–Kier alpha value is -1.56. The molecular weight excluding hydrogens is 289 g/mol. The number of hydrogen-bond donors (Lipinski definition) is 2. The van der Waals surface area contributed by atoms with E-state index in [2.05, 4.69) is 26.4 Å². The van der Waals surface area contributed by atoms with E-state index in [9.17, 15) is 4.39 Å². The summed E-state index contributed by atoms with van der Waals surface area (Å²) >= 11 is 3.07. The van der Waals surface area contributed by atoms with Gasteiger partial charge in [0.25, 0.3) is 0 Å². The van der Waals surface area contributed by atoms with Gasteiger partial charge in [0.15, 0.2) is 0 Å². The molecule has 2 aromatic rings. The van der Waals surface area contributed by atoms with Gasteiger partial charge in [0.1, 0.15) is 17.3 Å². The average Bonchev–Trinajstić information content (AvgIpc) is 2.68. The number of nitrogen functional groups attached to an aromatic ring is 1. The van der Waals surface area contributed by atoms with Crippen molar-refractivity contribution in [3.63, 3.8) is 0 Å². The third kappa shape index (κ3) is 2.76. The van der Waals surface area contributed by atoms with Gasteiger partial charge in [-0.3, -0.25) is 0 Å². The zero-order valence-corrected chi connectivity index (χ0v) is 10.7. The van der Waals surface area contributed by atoms with Gasteiger partial charge in [-0.15, -0.1) is 0 Å². The molecule has 2 rings (SSSR count). The zero-order chi connectivity index (χ0) is 12.4. The Morgan fingerprint density at radius 1 is 1.47 bits per heavy atom. The molecule has 0 aliphatic heterocycles. The number of aromatic nitrogens is 1. The van der Waals surface area contributed by atoms with Crippen LogP contribution in [0, 0.1) is 12.7 Å². The molecule has 1 aromatic carbocycles. The van der Waals surface area contributed by atoms with Crippen molar-refractivity contribution in [1.29, 1.82) is 0 Å². The fraction of sp³-hybridized carbons (Fsp3) is 0.182. The van der Waals surface area contributed by atoms with Crippen LogP contribution in [-0.4, -0.2) is 5.16 Å². The van der Waals surface area contributed by atoms with Gasteiger partial charge >= 0.3 is 0 Å². The van der Waals surface area contributed by atoms with Gasteiger partial charge in [0.05, 0.1) is 22.4 Å². The van der Waals surface area contributed by atoms with Crippen LogP contribution in [0.15, 0.2) is 27.2 Å². The highest BCUT2D eigenvalue weighted by molar-refractivity contribution is 9.10. The minimum Gasteiger partial charge on any atom is -0.397 e. The van der Waals surface area contributed by atoms with Crippen molar-refractivity contribution in [1.82, 2.24) is 5.16 Å². The van der Waals surface area contributed by atoms with Crippen LogP contribution in [-0.2, 0) is 6.54 Å². The number of nitrogens with zero attached hydrogens (tertiary/aromatic N) is 1. The Morgan fingerprint density at radius 2 is 2.24 bits per heavy atom. The molecule has 1 aromatic heterocycles. The molecule has 90 valence electrons. The molecule has 0 amide bonds. The topological polar surface area (TPSA) is 64.1 Å². The number of benzene rings is 1. The van der Waals surface area contributed by atoms with Crippen molar-refractivity contribution in [2.45, 2.75) is 13.5 Å². The fourth-order valence-corrected chi connectivity index (χ4v) is 1.76. The number of rotatable bonds is 3. The normalized spacial score (nSPS) is 10.5. The maximum absolute atomic E-state index is 13.3. The van der Waals surface area contributed by atoms with E-state index in [1.54, 1.807) is 6.07 Å². The average molecular weight is 300 g/mol. The van der Waals surface area contributed by atoms with Crippen molar-refractivity contribution < 1.29 is 8.91 Å². The van der Waals surface area contributed by atoms with Gasteiger partial charge in [0.2, 0.25) is 0 Å². The van der Waals surface area contributed by atoms with Gasteiger partial charge in [-0.2, -0.15) is 0 Å². The number of aryl methyl sites for hydroxylation is 1. The molecule has 4 nitrogen and oxygen atoms in total. The Bertz CT molecular complexity index is 542. The predicted octanol–water partition coefficient (Wildman–Crippen LogP) is 3.08. The molecule has 0 unspecified atom stereocenters. The summed E-state index contributed by atoms with van der Waals surface area (Å²) < 4.78 is 18.6. The lowest BCUT2D eigenvalue weighted by Gasteiger charge is -2.08. The lowest BCUT2D eigenvalue weighted by molar-refractivity contribution is 0.391. The standard InChI is InChI=1S/C11H11BrFN3O/c1-6-2-7(16-17-6)5-15-11-4-9(13)8(12)3-10(11)14/h2-4,15H,5,14H2,1H3. The van der Waals surface area contributed by atoms with Gasteiger partial charge in [-0.1, -0.05) is 5.16 Å². The lowest BCUT2D eigenvalue weighted by atomic mass is 10.2. The van der Waals surface area contributed by atoms with E-state index in [1.807, 2.05) is 6.92 Å². The maximum Gasteiger partial charge on any atom is 0.139 e. The maximum atomic E-state index is 13.3. The molecule has 17 heavy (non-hydrogen) atoms. The molecule has 0 aliphatic rings. The van der Waals surface area contributed by atoms with Gasteiger partial charge in [-0.05, 0) is 28.9 Å². The van der Waals surface area contributed by atoms with Crippen LogP contribution in [0.3, 0.4) is 0 Å². The molecule has 0 spiro atoms. The summed E-state index contributed by atoms with van der Waals surface area (Å²) in [5, 5.41) is 6.82. The summed E-state index contributed by atoms with van der Waals surface area (Å²) in [5.41, 5.74) is 7.50. The summed E-state index contributed by atoms with van der Waals surface area (Å²) in [4.78, 5) is 0. The molecule has 0 saturated heterocycles. The molecule has 0 saturated carbocycles. The van der Waals surface area contributed by atoms with Gasteiger partial charge in [-0.25, -0.2) is 4.39 Å². The first kappa shape index (κ1) is 11.9. The first-order valence-electron chi connectivity index (χ1n) is 4.97. The molecule has 1 heterocycles. The zero-order valence-electron chi connectivity index (χ0n) is 9.13. The molecule has 0 atom stereocenters. The van der Waals surface area contributed by atoms with Crippen LogP contribution >= 0.6 is 15.9 Å². The number of hydrogen-bond acceptors (Lipinski definition) is 4. The van der Waals surface area contributed by atoms with E-state index < -0.39 is 0 Å². The van der Waals surface area contributed by atoms with Gasteiger partial charge < -0.3 is 15.6 Å². The van der Waals surface area contributed by atoms with Crippen LogP contribution in [0.1, 0.15) is 11.5 Å². The van der Waals surface area contributed by atoms with Crippen LogP contribution < -0.4 is 11.1 Å². The first-order valence-corrected chi connectivity index (χ1v) is 5.76. The van der Waals surface area contributed by atoms with Crippen molar-refractivity contribution in [2.24, 2.45) is 0 Å². The molecule has 0 bridgehead atoms. The van der Waals surface area contributed by atoms with Crippen LogP contribution in [0.4, 0.5) is 15.8 Å². The van der Waals surface area contributed by atoms with E-state index >= 15 is 0 Å². The molecule has 3 N–H and O–H groups in total. The highest BCUT2D eigenvalue weighted by Crippen LogP contribution is 2.26. The van der Waals surface area contributed by atoms with E-state index in [4.69, 9.17) is 10.3 Å². The molecular formula is C11H11BrFN3O. The third-order valence-electron chi connectivity index (χ3n) is 2.23. The number of nitrogens with one attached hydrogen (secondary N) is 1. The van der Waals surface area contributed by atoms with E-state index in [-0.39, 0.29) is 5.82 Å². The van der Waals surface area contributed by atoms with Crippen molar-refractivity contribution in [2.75, 3.05) is 11.1 Å². The number of halogens is 2. The van der Waals surface area contributed by atoms with Crippen molar-refractivity contribution >= 4 is 27.3 Å². The second-order valence-electron chi connectivity index (χ2n) is 3.64. The summed E-state index contributed by atoms with van der Waals surface area (Å²) in [7, 11) is 0. The van der Waals surface area contributed by atoms with Crippen LogP contribution in [0.25, 0.3) is 0 Å². The highest BCUT2D eigenvalue weighted by atomic mass is 79.9. The molecule has 0 fully saturated rings. The summed E-state index contributed by atoms with van der Waals surface area (Å²) in [6, 6.07) is 4.66. The van der Waals surface area contributed by atoms with E-state index in [0.29, 0.717) is 22.4 Å². The van der Waals surface area contributed by atoms with E-state index in [1.165, 1.54) is 12.1 Å². The quantitative estimate of drug-likeness (QED) is 0.855. The minimum absolute atomic E-state index is 0.345. The molecule has 0 aliphatic carbocycles. The SMILES string of the molecule is Cc1cc(CNc2cc(F)c(Br)cc2N)no1. The third-order valence-corrected chi connectivity index (χ3v) is 2.84. The number of anilines is 2. The Labute approximate surface area is 106 Å². The minimum atomic E-state index is -0.363. The first-order chi connectivity index (χ1) is 8.06. The predicted molar refractivity (Wildman–Crippen MR) is 67.1 cm³/mol. The summed E-state index contributed by atoms with van der Waals surface area (Å²) in [6.07, 6.45) is 0. The largest absolute Gasteiger partial charge is 0.397 e. The Morgan fingerprint density at radius 3 is 2.88 bits per heavy atom. The van der Waals surface area contributed by atoms with Gasteiger partial charge in [0, 0.05) is 12.1 Å². The lowest BCUT2D eigenvalue weighted by Crippen LogP contribution is -2.03. The number of nitrogens with two attached hydrogens (primary N) is 1. The second-order valence-corrected chi connectivity index (χ2v) is 4.49. The van der Waals surface area contributed by atoms with Crippen molar-refractivity contribution in [3.05, 3.63) is 39.9 Å². The molecule has 0 radical (unpaired) electrons. The van der Waals surface area contributed by atoms with Crippen molar-refractivity contribution in [3.8, 4) is 0 Å². The van der Waals surface area contributed by atoms with E-state index in [0.717, 1.165) is 11.5 Å². The van der Waals surface area contributed by atoms with Crippen LogP contribution in [0.2, 0.25) is 0 Å². The summed E-state index contributed by atoms with van der Waals surface area (Å²) in [6.45, 7) is 2.24.